The molecule has 0 fully saturated rings. The Labute approximate surface area is 624 Å². The number of nitrogens with zero attached hydrogens (tertiary/aromatic N) is 7. The maximum absolute atomic E-state index is 14.9. The number of fused-ring (bicyclic) bond motifs is 6. The predicted molar refractivity (Wildman–Crippen MR) is 438 cm³/mol. The quantitative estimate of drug-likeness (QED) is 0.0776. The summed E-state index contributed by atoms with van der Waals surface area (Å²) >= 11 is 0. The van der Waals surface area contributed by atoms with Gasteiger partial charge in [-0.3, -0.25) is 40.9 Å². The third-order valence-corrected chi connectivity index (χ3v) is 21.2. The molecular formula is C90H74B3F6N9. The third kappa shape index (κ3) is 12.5. The molecule has 4 aliphatic heterocycles. The molecule has 10 heterocycles. The SMILES string of the molecule is CC1=CC(C)=N/C1=C(/c1ccc(-c2ccc(-c3c4nc(c(-c5ccc(-c6ccc(/C(=C7/N=C(C)C=C7C)c7c(C)cc(C)n7B(F)F)cc6)cc5)c5ccc([nH]5)c(-c5ccc(-c6ccc(/C(=C7/N=C(C)C=C7C)c7c(C)cc(C)n7B(F)F)cc6)cc5)c5ccc3[nH]5)C=C4)cc2)cc1)c1c(C)cc(C)n1B(F)F. The Hall–Kier alpha value is -12.2. The summed E-state index contributed by atoms with van der Waals surface area (Å²) in [5.74, 6) is 0. The van der Waals surface area contributed by atoms with Gasteiger partial charge in [0.25, 0.3) is 0 Å². The van der Waals surface area contributed by atoms with Gasteiger partial charge in [-0.15, -0.1) is 0 Å². The fourth-order valence-electron chi connectivity index (χ4n) is 16.4. The molecule has 0 atom stereocenters. The number of benzene rings is 6. The molecule has 9 nitrogen and oxygen atoms in total. The number of aliphatic imine (C=N–C) groups is 3. The summed E-state index contributed by atoms with van der Waals surface area (Å²) in [4.78, 5) is 27.9. The number of aryl methyl sites for hydroxylation is 6. The number of hydrogen-bond acceptors (Lipinski definition) is 4. The summed E-state index contributed by atoms with van der Waals surface area (Å²) in [6.45, 7) is 22.4. The first kappa shape index (κ1) is 70.2. The van der Waals surface area contributed by atoms with Gasteiger partial charge in [-0.1, -0.05) is 146 Å². The van der Waals surface area contributed by atoms with E-state index in [4.69, 9.17) is 20.0 Å². The number of aromatic amines is 2. The summed E-state index contributed by atoms with van der Waals surface area (Å²) < 4.78 is 92.8. The maximum Gasteiger partial charge on any atom is 0.677 e. The summed E-state index contributed by atoms with van der Waals surface area (Å²) in [5, 5.41) is 0. The van der Waals surface area contributed by atoms with Crippen LogP contribution in [0, 0.1) is 41.5 Å². The number of aromatic nitrogens is 6. The van der Waals surface area contributed by atoms with Gasteiger partial charge < -0.3 is 23.4 Å². The predicted octanol–water partition coefficient (Wildman–Crippen LogP) is 23.8. The van der Waals surface area contributed by atoms with Crippen molar-refractivity contribution in [3.63, 3.8) is 0 Å². The van der Waals surface area contributed by atoms with Gasteiger partial charge in [0, 0.05) is 107 Å². The van der Waals surface area contributed by atoms with Crippen molar-refractivity contribution in [2.24, 2.45) is 15.0 Å². The van der Waals surface area contributed by atoms with E-state index in [1.165, 1.54) is 0 Å². The van der Waals surface area contributed by atoms with Gasteiger partial charge in [0.1, 0.15) is 0 Å². The lowest BCUT2D eigenvalue weighted by Gasteiger charge is -2.17. The van der Waals surface area contributed by atoms with Crippen molar-refractivity contribution in [2.75, 3.05) is 0 Å². The highest BCUT2D eigenvalue weighted by molar-refractivity contribution is 6.42. The van der Waals surface area contributed by atoms with Gasteiger partial charge in [0.15, 0.2) is 0 Å². The van der Waals surface area contributed by atoms with Crippen molar-refractivity contribution in [3.05, 3.63) is 319 Å². The minimum absolute atomic E-state index is 0.446. The Kier molecular flexibility index (Phi) is 18.0. The molecule has 6 bridgehead atoms. The molecule has 2 N–H and O–H groups in total. The highest BCUT2D eigenvalue weighted by Gasteiger charge is 2.33. The minimum atomic E-state index is -2.74. The second kappa shape index (κ2) is 27.6. The van der Waals surface area contributed by atoms with Gasteiger partial charge in [0.2, 0.25) is 0 Å². The van der Waals surface area contributed by atoms with Gasteiger partial charge >= 0.3 is 22.2 Å². The molecule has 6 aromatic heterocycles. The van der Waals surface area contributed by atoms with Crippen LogP contribution in [0.15, 0.2) is 255 Å². The highest BCUT2D eigenvalue weighted by atomic mass is 19.2. The van der Waals surface area contributed by atoms with Crippen LogP contribution in [0.4, 0.5) is 25.9 Å². The first-order chi connectivity index (χ1) is 51.9. The van der Waals surface area contributed by atoms with Crippen LogP contribution >= 0.6 is 0 Å². The monoisotopic (exact) mass is 1430 g/mol. The molecule has 0 saturated carbocycles. The number of rotatable bonds is 15. The van der Waals surface area contributed by atoms with Crippen LogP contribution in [0.2, 0.25) is 0 Å². The molecule has 0 aliphatic carbocycles. The molecule has 108 heavy (non-hydrogen) atoms. The van der Waals surface area contributed by atoms with Crippen LogP contribution < -0.4 is 0 Å². The van der Waals surface area contributed by atoms with E-state index < -0.39 is 22.2 Å². The number of H-pyrrole nitrogens is 2. The van der Waals surface area contributed by atoms with Crippen LogP contribution in [0.3, 0.4) is 0 Å². The molecule has 0 spiro atoms. The smallest absolute Gasteiger partial charge is 0.354 e. The van der Waals surface area contributed by atoms with Gasteiger partial charge in [-0.05, 0) is 256 Å². The second-order valence-electron chi connectivity index (χ2n) is 28.7. The summed E-state index contributed by atoms with van der Waals surface area (Å²) in [5.41, 5.74) is 32.6. The third-order valence-electron chi connectivity index (χ3n) is 21.2. The van der Waals surface area contributed by atoms with E-state index in [1.807, 2.05) is 153 Å². The van der Waals surface area contributed by atoms with Crippen LogP contribution in [-0.2, 0) is 0 Å². The zero-order valence-electron chi connectivity index (χ0n) is 61.9. The van der Waals surface area contributed by atoms with E-state index in [-0.39, 0.29) is 0 Å². The Bertz CT molecular complexity index is 5880. The fraction of sp³-hybridized carbons (Fsp3) is 0.133. The summed E-state index contributed by atoms with van der Waals surface area (Å²) in [7, 11) is -8.23. The maximum atomic E-state index is 14.9. The Morgan fingerprint density at radius 2 is 0.528 bits per heavy atom. The van der Waals surface area contributed by atoms with Crippen molar-refractivity contribution in [1.29, 1.82) is 0 Å². The Morgan fingerprint density at radius 1 is 0.296 bits per heavy atom. The lowest BCUT2D eigenvalue weighted by molar-refractivity contribution is 0.622. The molecule has 0 saturated heterocycles. The van der Waals surface area contributed by atoms with E-state index in [2.05, 4.69) is 119 Å². The molecule has 16 rings (SSSR count). The zero-order valence-corrected chi connectivity index (χ0v) is 61.9. The topological polar surface area (TPSA) is 96.3 Å². The molecule has 4 aliphatic rings. The van der Waals surface area contributed by atoms with E-state index in [0.717, 1.165) is 181 Å². The van der Waals surface area contributed by atoms with E-state index >= 15 is 0 Å². The molecule has 530 valence electrons. The van der Waals surface area contributed by atoms with Gasteiger partial charge in [-0.2, -0.15) is 0 Å². The number of halogens is 6. The number of nitrogens with one attached hydrogen (secondary N) is 2. The van der Waals surface area contributed by atoms with E-state index in [0.29, 0.717) is 68.0 Å². The van der Waals surface area contributed by atoms with Gasteiger partial charge in [-0.25, -0.2) is 4.98 Å². The molecule has 12 aromatic rings. The van der Waals surface area contributed by atoms with Gasteiger partial charge in [0.05, 0.1) is 28.5 Å². The Morgan fingerprint density at radius 3 is 0.769 bits per heavy atom. The fourth-order valence-corrected chi connectivity index (χ4v) is 16.4. The van der Waals surface area contributed by atoms with Crippen molar-refractivity contribution >= 4 is 90.3 Å². The first-order valence-electron chi connectivity index (χ1n) is 36.1. The highest BCUT2D eigenvalue weighted by Crippen LogP contribution is 2.45. The average Bonchev–Trinajstić information content (AvgIpc) is 1.60. The largest absolute Gasteiger partial charge is 0.677 e. The van der Waals surface area contributed by atoms with E-state index in [1.54, 1.807) is 39.0 Å². The molecule has 18 heteroatoms. The second-order valence-corrected chi connectivity index (χ2v) is 28.7. The Balaban J connectivity index is 0.797. The number of allylic oxidation sites excluding steroid dienone is 6. The first-order valence-corrected chi connectivity index (χ1v) is 36.1. The molecule has 0 radical (unpaired) electrons. The zero-order chi connectivity index (χ0) is 75.4. The van der Waals surface area contributed by atoms with Crippen LogP contribution in [0.25, 0.3) is 118 Å². The lowest BCUT2D eigenvalue weighted by atomic mass is 9.92. The summed E-state index contributed by atoms with van der Waals surface area (Å²) in [6, 6.07) is 63.4. The molecule has 0 unspecified atom stereocenters. The van der Waals surface area contributed by atoms with Crippen molar-refractivity contribution < 1.29 is 25.9 Å². The van der Waals surface area contributed by atoms with Crippen molar-refractivity contribution in [1.82, 2.24) is 28.4 Å². The normalized spacial score (nSPS) is 15.2. The summed E-state index contributed by atoms with van der Waals surface area (Å²) in [6.07, 6.45) is 10.1. The van der Waals surface area contributed by atoms with Crippen LogP contribution in [0.5, 0.6) is 0 Å². The van der Waals surface area contributed by atoms with Crippen LogP contribution in [-0.4, -0.2) is 67.7 Å². The molecular weight excluding hydrogens is 1350 g/mol. The van der Waals surface area contributed by atoms with Crippen molar-refractivity contribution in [3.8, 4) is 66.8 Å². The minimum Gasteiger partial charge on any atom is -0.354 e. The standard InChI is InChI=1S/C90H74B3F6N9/c1-49-43-55(7)100-85(49)82(88-52(4)46-58(10)106(88)91(94)95)70-31-19-64(20-32-70)61-13-25-67(26-14-61)79-73-37-39-75(103-73)80(68-27-15-62(16-28-68)65-21-33-71(34-22-65)83(86-50(2)44-56(8)101-86)89-53(5)47-59(11)107(89)92(96)97)77-41-42-78(105-77)81(76-40-38-74(79)104-76)69-29-17-63(18-30-69)66-23-35-72(36-24-66)84(87-51(3)45-57(9)102-87)90-54(6)48-60(12)108(90)93(98)99/h13-48,103-104H,1-12H3/b79-73?,79-74?,80-75?,80-77?,81-76?,81-78?,85-82-,86-83-,87-84-. The molecule has 6 aromatic carbocycles. The lowest BCUT2D eigenvalue weighted by Crippen LogP contribution is -2.18. The molecule has 0 amide bonds. The van der Waals surface area contributed by atoms with E-state index in [9.17, 15) is 25.9 Å². The van der Waals surface area contributed by atoms with Crippen molar-refractivity contribution in [2.45, 2.75) is 83.1 Å². The average molecular weight is 1430 g/mol. The van der Waals surface area contributed by atoms with Crippen LogP contribution in [0.1, 0.15) is 120 Å². The number of hydrogen-bond donors (Lipinski definition) is 2.